The third-order valence-electron chi connectivity index (χ3n) is 3.74. The van der Waals surface area contributed by atoms with Gasteiger partial charge in [-0.1, -0.05) is 18.2 Å². The predicted octanol–water partition coefficient (Wildman–Crippen LogP) is 3.24. The molecule has 1 amide bonds. The van der Waals surface area contributed by atoms with Crippen LogP contribution in [0.3, 0.4) is 0 Å². The van der Waals surface area contributed by atoms with E-state index in [1.807, 2.05) is 24.3 Å². The highest BCUT2D eigenvalue weighted by Crippen LogP contribution is 2.16. The maximum absolute atomic E-state index is 12.8. The van der Waals surface area contributed by atoms with Gasteiger partial charge in [0.05, 0.1) is 12.1 Å². The summed E-state index contributed by atoms with van der Waals surface area (Å²) in [5.41, 5.74) is 1.27. The lowest BCUT2D eigenvalue weighted by Crippen LogP contribution is -2.29. The van der Waals surface area contributed by atoms with Gasteiger partial charge in [0.2, 0.25) is 0 Å². The molecule has 1 aromatic heterocycles. The van der Waals surface area contributed by atoms with Crippen LogP contribution in [0.25, 0.3) is 10.9 Å². The fourth-order valence-electron chi connectivity index (χ4n) is 2.43. The minimum atomic E-state index is -0.293. The number of nitrogens with zero attached hydrogens (tertiary/aromatic N) is 2. The standard InChI is InChI=1S/C18H18FN3O2/c1-22(11-4-12-24-14-9-7-13(19)8-10-14)18(23)17-15-5-2-3-6-16(15)20-21-17/h2-3,5-10H,4,11-12H2,1H3,(H,20,21). The van der Waals surface area contributed by atoms with Crippen molar-refractivity contribution in [1.29, 1.82) is 0 Å². The van der Waals surface area contributed by atoms with E-state index in [9.17, 15) is 9.18 Å². The molecule has 0 atom stereocenters. The minimum absolute atomic E-state index is 0.130. The van der Waals surface area contributed by atoms with Crippen molar-refractivity contribution in [2.24, 2.45) is 0 Å². The van der Waals surface area contributed by atoms with Crippen LogP contribution in [0.15, 0.2) is 48.5 Å². The Morgan fingerprint density at radius 3 is 2.75 bits per heavy atom. The van der Waals surface area contributed by atoms with Crippen LogP contribution in [0.5, 0.6) is 5.75 Å². The number of rotatable bonds is 6. The first-order valence-corrected chi connectivity index (χ1v) is 7.72. The zero-order valence-electron chi connectivity index (χ0n) is 13.3. The number of fused-ring (bicyclic) bond motifs is 1. The van der Waals surface area contributed by atoms with Gasteiger partial charge in [0.15, 0.2) is 5.69 Å². The average Bonchev–Trinajstić information content (AvgIpc) is 3.03. The summed E-state index contributed by atoms with van der Waals surface area (Å²) in [7, 11) is 1.74. The van der Waals surface area contributed by atoms with Crippen LogP contribution < -0.4 is 4.74 Å². The maximum Gasteiger partial charge on any atom is 0.274 e. The van der Waals surface area contributed by atoms with Crippen molar-refractivity contribution in [3.63, 3.8) is 0 Å². The number of halogens is 1. The Morgan fingerprint density at radius 1 is 1.21 bits per heavy atom. The molecule has 0 aliphatic carbocycles. The number of carbonyl (C=O) groups excluding carboxylic acids is 1. The summed E-state index contributed by atoms with van der Waals surface area (Å²) in [5, 5.41) is 7.80. The van der Waals surface area contributed by atoms with Crippen molar-refractivity contribution < 1.29 is 13.9 Å². The van der Waals surface area contributed by atoms with Gasteiger partial charge in [-0.3, -0.25) is 9.89 Å². The van der Waals surface area contributed by atoms with Gasteiger partial charge in [0, 0.05) is 19.0 Å². The summed E-state index contributed by atoms with van der Waals surface area (Å²) < 4.78 is 18.3. The van der Waals surface area contributed by atoms with E-state index in [1.54, 1.807) is 24.1 Å². The fraction of sp³-hybridized carbons (Fsp3) is 0.222. The third-order valence-corrected chi connectivity index (χ3v) is 3.74. The van der Waals surface area contributed by atoms with Crippen LogP contribution in [0.2, 0.25) is 0 Å². The summed E-state index contributed by atoms with van der Waals surface area (Å²) in [6, 6.07) is 13.4. The summed E-state index contributed by atoms with van der Waals surface area (Å²) in [6.45, 7) is 0.992. The Hall–Kier alpha value is -2.89. The van der Waals surface area contributed by atoms with Crippen molar-refractivity contribution in [3.8, 4) is 5.75 Å². The van der Waals surface area contributed by atoms with Crippen molar-refractivity contribution in [2.45, 2.75) is 6.42 Å². The van der Waals surface area contributed by atoms with E-state index >= 15 is 0 Å². The number of aromatic amines is 1. The third kappa shape index (κ3) is 3.53. The highest BCUT2D eigenvalue weighted by atomic mass is 19.1. The number of hydrogen-bond acceptors (Lipinski definition) is 3. The number of para-hydroxylation sites is 1. The average molecular weight is 327 g/mol. The van der Waals surface area contributed by atoms with Gasteiger partial charge in [0.1, 0.15) is 11.6 Å². The topological polar surface area (TPSA) is 58.2 Å². The van der Waals surface area contributed by atoms with Crippen LogP contribution in [0.4, 0.5) is 4.39 Å². The highest BCUT2D eigenvalue weighted by molar-refractivity contribution is 6.04. The second kappa shape index (κ2) is 7.12. The van der Waals surface area contributed by atoms with Gasteiger partial charge < -0.3 is 9.64 Å². The predicted molar refractivity (Wildman–Crippen MR) is 89.6 cm³/mol. The van der Waals surface area contributed by atoms with Gasteiger partial charge in [-0.15, -0.1) is 0 Å². The van der Waals surface area contributed by atoms with Crippen LogP contribution >= 0.6 is 0 Å². The van der Waals surface area contributed by atoms with Crippen LogP contribution in [0.1, 0.15) is 16.9 Å². The Kier molecular flexibility index (Phi) is 4.74. The van der Waals surface area contributed by atoms with E-state index in [2.05, 4.69) is 10.2 Å². The Labute approximate surface area is 139 Å². The molecule has 0 spiro atoms. The normalized spacial score (nSPS) is 10.8. The second-order valence-corrected chi connectivity index (χ2v) is 5.50. The molecule has 3 rings (SSSR count). The Morgan fingerprint density at radius 2 is 1.96 bits per heavy atom. The maximum atomic E-state index is 12.8. The van der Waals surface area contributed by atoms with E-state index in [0.29, 0.717) is 31.0 Å². The zero-order chi connectivity index (χ0) is 16.9. The van der Waals surface area contributed by atoms with Gasteiger partial charge in [-0.2, -0.15) is 5.10 Å². The quantitative estimate of drug-likeness (QED) is 0.707. The molecule has 0 aliphatic rings. The number of carbonyl (C=O) groups is 1. The number of H-pyrrole nitrogens is 1. The molecule has 0 unspecified atom stereocenters. The van der Waals surface area contributed by atoms with Crippen molar-refractivity contribution in [2.75, 3.05) is 20.2 Å². The van der Waals surface area contributed by atoms with Gasteiger partial charge in [0.25, 0.3) is 5.91 Å². The molecule has 0 bridgehead atoms. The largest absolute Gasteiger partial charge is 0.494 e. The van der Waals surface area contributed by atoms with Gasteiger partial charge in [-0.05, 0) is 36.8 Å². The van der Waals surface area contributed by atoms with Gasteiger partial charge >= 0.3 is 0 Å². The van der Waals surface area contributed by atoms with Crippen LogP contribution in [0, 0.1) is 5.82 Å². The lowest BCUT2D eigenvalue weighted by Gasteiger charge is -2.16. The molecule has 0 radical (unpaired) electrons. The molecule has 5 nitrogen and oxygen atoms in total. The van der Waals surface area contributed by atoms with Crippen molar-refractivity contribution in [1.82, 2.24) is 15.1 Å². The molecular formula is C18H18FN3O2. The summed E-state index contributed by atoms with van der Waals surface area (Å²) >= 11 is 0. The monoisotopic (exact) mass is 327 g/mol. The number of aromatic nitrogens is 2. The Balaban J connectivity index is 1.52. The highest BCUT2D eigenvalue weighted by Gasteiger charge is 2.17. The SMILES string of the molecule is CN(CCCOc1ccc(F)cc1)C(=O)c1n[nH]c2ccccc12. The number of nitrogens with one attached hydrogen (secondary N) is 1. The smallest absolute Gasteiger partial charge is 0.274 e. The molecule has 124 valence electrons. The summed E-state index contributed by atoms with van der Waals surface area (Å²) in [6.07, 6.45) is 0.669. The zero-order valence-corrected chi connectivity index (χ0v) is 13.3. The number of hydrogen-bond donors (Lipinski definition) is 1. The van der Waals surface area contributed by atoms with E-state index in [4.69, 9.17) is 4.74 Å². The first kappa shape index (κ1) is 16.0. The Bertz CT molecular complexity index is 830. The van der Waals surface area contributed by atoms with Crippen molar-refractivity contribution >= 4 is 16.8 Å². The number of ether oxygens (including phenoxy) is 1. The fourth-order valence-corrected chi connectivity index (χ4v) is 2.43. The molecule has 3 aromatic rings. The van der Waals surface area contributed by atoms with Gasteiger partial charge in [-0.25, -0.2) is 4.39 Å². The van der Waals surface area contributed by atoms with E-state index in [1.165, 1.54) is 12.1 Å². The molecule has 2 aromatic carbocycles. The molecule has 0 saturated heterocycles. The first-order chi connectivity index (χ1) is 11.6. The minimum Gasteiger partial charge on any atom is -0.494 e. The lowest BCUT2D eigenvalue weighted by molar-refractivity contribution is 0.0784. The second-order valence-electron chi connectivity index (χ2n) is 5.50. The molecule has 0 aliphatic heterocycles. The number of amides is 1. The molecule has 0 saturated carbocycles. The van der Waals surface area contributed by atoms with E-state index in [-0.39, 0.29) is 11.7 Å². The molecule has 1 N–H and O–H groups in total. The molecule has 6 heteroatoms. The summed E-state index contributed by atoms with van der Waals surface area (Å²) in [4.78, 5) is 14.1. The van der Waals surface area contributed by atoms with Crippen LogP contribution in [-0.2, 0) is 0 Å². The summed E-state index contributed by atoms with van der Waals surface area (Å²) in [5.74, 6) is 0.191. The van der Waals surface area contributed by atoms with E-state index < -0.39 is 0 Å². The van der Waals surface area contributed by atoms with E-state index in [0.717, 1.165) is 10.9 Å². The van der Waals surface area contributed by atoms with Crippen molar-refractivity contribution in [3.05, 3.63) is 60.0 Å². The number of benzene rings is 2. The lowest BCUT2D eigenvalue weighted by atomic mass is 10.2. The molecule has 24 heavy (non-hydrogen) atoms. The molecule has 0 fully saturated rings. The first-order valence-electron chi connectivity index (χ1n) is 7.72. The molecule has 1 heterocycles. The van der Waals surface area contributed by atoms with Crippen LogP contribution in [-0.4, -0.2) is 41.2 Å². The molecular weight excluding hydrogens is 309 g/mol.